The van der Waals surface area contributed by atoms with Crippen LogP contribution in [0.4, 0.5) is 0 Å². The summed E-state index contributed by atoms with van der Waals surface area (Å²) in [6.45, 7) is 0. The van der Waals surface area contributed by atoms with E-state index in [0.29, 0.717) is 0 Å². The standard InChI is InChI=1S/C16H15NO12S4/c18-13(11-5-1-3-7-15(11)32(24,25)26)9-30(20,21)17-31(22,23)10-14(19)12-6-2-4-8-16(12)33(27,28)29/h1-8,17H,9-10H2,(H,24,25,26)(H,27,28,29). The highest BCUT2D eigenvalue weighted by Gasteiger charge is 2.30. The molecule has 2 aromatic carbocycles. The van der Waals surface area contributed by atoms with Gasteiger partial charge in [0.2, 0.25) is 20.0 Å². The third-order valence-electron chi connectivity index (χ3n) is 3.83. The lowest BCUT2D eigenvalue weighted by atomic mass is 10.1. The Bertz CT molecular complexity index is 1420. The van der Waals surface area contributed by atoms with Crippen LogP contribution in [0, 0.1) is 0 Å². The van der Waals surface area contributed by atoms with Crippen LogP contribution < -0.4 is 4.13 Å². The third-order valence-corrected chi connectivity index (χ3v) is 8.97. The van der Waals surface area contributed by atoms with Gasteiger partial charge in [0.25, 0.3) is 20.2 Å². The zero-order chi connectivity index (χ0) is 25.2. The van der Waals surface area contributed by atoms with Gasteiger partial charge in [-0.25, -0.2) is 16.8 Å². The molecule has 0 aliphatic rings. The topological polar surface area (TPSA) is 223 Å². The van der Waals surface area contributed by atoms with Gasteiger partial charge in [0.1, 0.15) is 21.3 Å². The van der Waals surface area contributed by atoms with E-state index >= 15 is 0 Å². The molecule has 2 aromatic rings. The minimum atomic E-state index is -5.00. The first-order valence-corrected chi connectivity index (χ1v) is 14.5. The van der Waals surface area contributed by atoms with Crippen LogP contribution in [0.25, 0.3) is 0 Å². The van der Waals surface area contributed by atoms with Crippen molar-refractivity contribution in [2.75, 3.05) is 11.5 Å². The second-order valence-corrected chi connectivity index (χ2v) is 12.9. The summed E-state index contributed by atoms with van der Waals surface area (Å²) in [6.07, 6.45) is 0. The minimum Gasteiger partial charge on any atom is -0.293 e. The molecule has 0 heterocycles. The maximum absolute atomic E-state index is 12.3. The molecule has 33 heavy (non-hydrogen) atoms. The quantitative estimate of drug-likeness (QED) is 0.256. The van der Waals surface area contributed by atoms with Crippen LogP contribution in [0.3, 0.4) is 0 Å². The minimum absolute atomic E-state index is 0.721. The maximum atomic E-state index is 12.3. The molecule has 0 radical (unpaired) electrons. The first-order valence-electron chi connectivity index (χ1n) is 8.36. The van der Waals surface area contributed by atoms with Crippen molar-refractivity contribution in [2.24, 2.45) is 0 Å². The average molecular weight is 542 g/mol. The summed E-state index contributed by atoms with van der Waals surface area (Å²) in [7, 11) is -19.8. The monoisotopic (exact) mass is 541 g/mol. The van der Waals surface area contributed by atoms with Crippen LogP contribution in [0.1, 0.15) is 20.7 Å². The smallest absolute Gasteiger partial charge is 0.293 e. The van der Waals surface area contributed by atoms with Crippen molar-refractivity contribution in [1.82, 2.24) is 4.13 Å². The fourth-order valence-corrected chi connectivity index (χ4v) is 7.04. The first kappa shape index (κ1) is 26.7. The van der Waals surface area contributed by atoms with Crippen molar-refractivity contribution in [3.8, 4) is 0 Å². The molecule has 180 valence electrons. The fourth-order valence-electron chi connectivity index (χ4n) is 2.60. The molecule has 0 amide bonds. The largest absolute Gasteiger partial charge is 0.295 e. The van der Waals surface area contributed by atoms with Crippen molar-refractivity contribution < 1.29 is 52.4 Å². The Kier molecular flexibility index (Phi) is 7.59. The van der Waals surface area contributed by atoms with Crippen LogP contribution in [-0.4, -0.2) is 65.8 Å². The van der Waals surface area contributed by atoms with Crippen molar-refractivity contribution in [1.29, 1.82) is 0 Å². The Morgan fingerprint density at radius 1 is 0.606 bits per heavy atom. The number of hydrogen-bond donors (Lipinski definition) is 3. The van der Waals surface area contributed by atoms with E-state index in [1.807, 2.05) is 0 Å². The molecule has 2 rings (SSSR count). The lowest BCUT2D eigenvalue weighted by Crippen LogP contribution is -2.38. The second-order valence-electron chi connectivity index (χ2n) is 6.39. The van der Waals surface area contributed by atoms with Crippen LogP contribution >= 0.6 is 0 Å². The van der Waals surface area contributed by atoms with E-state index in [-0.39, 0.29) is 0 Å². The molecule has 0 spiro atoms. The van der Waals surface area contributed by atoms with E-state index < -0.39 is 84.3 Å². The van der Waals surface area contributed by atoms with Crippen LogP contribution in [0.15, 0.2) is 58.3 Å². The molecule has 0 aliphatic heterocycles. The van der Waals surface area contributed by atoms with Gasteiger partial charge in [-0.1, -0.05) is 24.3 Å². The number of hydrogen-bond acceptors (Lipinski definition) is 10. The summed E-state index contributed by atoms with van der Waals surface area (Å²) in [4.78, 5) is 22.7. The van der Waals surface area contributed by atoms with Crippen molar-refractivity contribution in [2.45, 2.75) is 9.79 Å². The molecule has 0 aromatic heterocycles. The normalized spacial score (nSPS) is 12.9. The summed E-state index contributed by atoms with van der Waals surface area (Å²) in [5.74, 6) is -5.88. The van der Waals surface area contributed by atoms with E-state index in [0.717, 1.165) is 40.5 Å². The molecule has 0 fully saturated rings. The predicted molar refractivity (Wildman–Crippen MR) is 112 cm³/mol. The number of sulfonamides is 2. The molecular weight excluding hydrogens is 526 g/mol. The van der Waals surface area contributed by atoms with Gasteiger partial charge in [0.05, 0.1) is 0 Å². The van der Waals surface area contributed by atoms with Crippen molar-refractivity contribution in [3.63, 3.8) is 0 Å². The summed E-state index contributed by atoms with van der Waals surface area (Å²) in [5, 5.41) is 0. The van der Waals surface area contributed by atoms with Crippen LogP contribution in [-0.2, 0) is 40.3 Å². The Labute approximate surface area is 189 Å². The van der Waals surface area contributed by atoms with E-state index in [1.165, 1.54) is 12.1 Å². The molecule has 0 bridgehead atoms. The van der Waals surface area contributed by atoms with Gasteiger partial charge >= 0.3 is 0 Å². The van der Waals surface area contributed by atoms with Crippen LogP contribution in [0.2, 0.25) is 0 Å². The summed E-state index contributed by atoms with van der Waals surface area (Å²) >= 11 is 0. The molecule has 17 heteroatoms. The molecule has 0 aliphatic carbocycles. The van der Waals surface area contributed by atoms with E-state index in [2.05, 4.69) is 0 Å². The number of nitrogens with one attached hydrogen (secondary N) is 1. The number of rotatable bonds is 10. The number of ketones is 2. The van der Waals surface area contributed by atoms with Gasteiger partial charge in [-0.3, -0.25) is 18.7 Å². The highest BCUT2D eigenvalue weighted by molar-refractivity contribution is 8.05. The summed E-state index contributed by atoms with van der Waals surface area (Å²) < 4.78 is 113. The Balaban J connectivity index is 2.26. The van der Waals surface area contributed by atoms with Gasteiger partial charge in [-0.05, 0) is 24.3 Å². The molecule has 0 unspecified atom stereocenters. The first-order chi connectivity index (χ1) is 14.9. The zero-order valence-electron chi connectivity index (χ0n) is 16.1. The molecule has 3 N–H and O–H groups in total. The molecule has 0 atom stereocenters. The Morgan fingerprint density at radius 3 is 1.21 bits per heavy atom. The highest BCUT2D eigenvalue weighted by Crippen LogP contribution is 2.18. The molecule has 13 nitrogen and oxygen atoms in total. The highest BCUT2D eigenvalue weighted by atomic mass is 32.3. The number of carbonyl (C=O) groups excluding carboxylic acids is 2. The number of carbonyl (C=O) groups is 2. The lowest BCUT2D eigenvalue weighted by molar-refractivity contribution is 0.101. The van der Waals surface area contributed by atoms with E-state index in [1.54, 1.807) is 0 Å². The van der Waals surface area contributed by atoms with Crippen LogP contribution in [0.5, 0.6) is 0 Å². The average Bonchev–Trinajstić information content (AvgIpc) is 2.64. The van der Waals surface area contributed by atoms with Gasteiger partial charge in [-0.2, -0.15) is 16.8 Å². The van der Waals surface area contributed by atoms with Gasteiger partial charge < -0.3 is 0 Å². The summed E-state index contributed by atoms with van der Waals surface area (Å²) in [5.41, 5.74) is -1.44. The zero-order valence-corrected chi connectivity index (χ0v) is 19.4. The van der Waals surface area contributed by atoms with E-state index in [9.17, 15) is 43.3 Å². The second kappa shape index (κ2) is 9.37. The Hall–Kier alpha value is -2.54. The summed E-state index contributed by atoms with van der Waals surface area (Å²) in [6, 6.07) is 8.07. The third kappa shape index (κ3) is 7.22. The van der Waals surface area contributed by atoms with Crippen molar-refractivity contribution in [3.05, 3.63) is 59.7 Å². The van der Waals surface area contributed by atoms with Crippen molar-refractivity contribution >= 4 is 51.8 Å². The lowest BCUT2D eigenvalue weighted by Gasteiger charge is -2.10. The maximum Gasteiger partial charge on any atom is 0.295 e. The Morgan fingerprint density at radius 2 is 0.909 bits per heavy atom. The number of benzene rings is 2. The fraction of sp³-hybridized carbons (Fsp3) is 0.125. The molecule has 0 saturated heterocycles. The predicted octanol–water partition coefficient (Wildman–Crippen LogP) is -0.505. The SMILES string of the molecule is O=C(CS(=O)(=O)NS(=O)(=O)CC(=O)c1ccccc1S(=O)(=O)O)c1ccccc1S(=O)(=O)O. The molecule has 0 saturated carbocycles. The number of Topliss-reactive ketones (excluding diaryl/α,β-unsaturated/α-hetero) is 2. The molecular formula is C16H15NO12S4. The van der Waals surface area contributed by atoms with E-state index in [4.69, 9.17) is 9.11 Å². The van der Waals surface area contributed by atoms with Gasteiger partial charge in [0, 0.05) is 11.1 Å². The van der Waals surface area contributed by atoms with Gasteiger partial charge in [-0.15, -0.1) is 4.13 Å². The van der Waals surface area contributed by atoms with Gasteiger partial charge in [0.15, 0.2) is 11.6 Å².